The SMILES string of the molecule is CC(C)(C)[Si](C)(C)Oc1cc([Si](C)(C)C)c2cc(Cl)ccc2c1-c1c(O[Si](C)(C)C(C)(C)C)cc([Si](C)(C)C)c2cc(Cl)ccc12. The van der Waals surface area contributed by atoms with E-state index >= 15 is 0 Å². The largest absolute Gasteiger partial charge is 0.543 e. The first-order chi connectivity index (χ1) is 20.7. The third-order valence-corrected chi connectivity index (χ3v) is 23.5. The molecule has 0 aliphatic carbocycles. The summed E-state index contributed by atoms with van der Waals surface area (Å²) in [5.41, 5.74) is 2.20. The van der Waals surface area contributed by atoms with Gasteiger partial charge in [-0.25, -0.2) is 0 Å². The Morgan fingerprint density at radius 3 is 1.02 bits per heavy atom. The van der Waals surface area contributed by atoms with Gasteiger partial charge in [-0.15, -0.1) is 0 Å². The molecule has 2 nitrogen and oxygen atoms in total. The van der Waals surface area contributed by atoms with Gasteiger partial charge in [-0.1, -0.05) is 116 Å². The van der Waals surface area contributed by atoms with Crippen molar-refractivity contribution < 1.29 is 8.85 Å². The van der Waals surface area contributed by atoms with E-state index in [4.69, 9.17) is 32.1 Å². The molecule has 0 unspecified atom stereocenters. The van der Waals surface area contributed by atoms with Crippen LogP contribution in [0, 0.1) is 0 Å². The standard InChI is InChI=1S/C38H56Cl2O2Si4/c1-37(2,3)45(13,14)41-31-23-33(43(7,8)9)29-21-25(39)17-19-27(29)35(31)36-28-20-18-26(40)22-30(28)34(44(10,11)12)24-32(36)42-46(15,16)38(4,5)6/h17-24H,1-16H3. The summed E-state index contributed by atoms with van der Waals surface area (Å²) in [5, 5.41) is 9.01. The maximum absolute atomic E-state index is 7.42. The Morgan fingerprint density at radius 1 is 0.457 bits per heavy atom. The number of fused-ring (bicyclic) bond motifs is 2. The van der Waals surface area contributed by atoms with Gasteiger partial charge in [0.1, 0.15) is 11.5 Å². The Morgan fingerprint density at radius 2 is 0.761 bits per heavy atom. The molecule has 0 fully saturated rings. The second-order valence-corrected chi connectivity index (χ2v) is 38.6. The molecule has 46 heavy (non-hydrogen) atoms. The molecule has 8 heteroatoms. The van der Waals surface area contributed by atoms with Gasteiger partial charge < -0.3 is 8.85 Å². The molecular formula is C38H56Cl2O2Si4. The first-order valence-corrected chi connectivity index (χ1v) is 30.1. The van der Waals surface area contributed by atoms with Gasteiger partial charge in [0.05, 0.1) is 16.1 Å². The molecule has 0 atom stereocenters. The Balaban J connectivity index is 2.34. The minimum absolute atomic E-state index is 0.0241. The van der Waals surface area contributed by atoms with Crippen LogP contribution in [0.25, 0.3) is 32.7 Å². The second-order valence-electron chi connectivity index (χ2n) is 18.2. The van der Waals surface area contributed by atoms with Crippen LogP contribution in [0.3, 0.4) is 0 Å². The average molecular weight is 728 g/mol. The molecule has 0 saturated heterocycles. The van der Waals surface area contributed by atoms with Crippen LogP contribution in [0.4, 0.5) is 0 Å². The average Bonchev–Trinajstić information content (AvgIpc) is 2.85. The lowest BCUT2D eigenvalue weighted by Gasteiger charge is -2.39. The lowest BCUT2D eigenvalue weighted by Crippen LogP contribution is -2.45. The van der Waals surface area contributed by atoms with Crippen molar-refractivity contribution in [3.8, 4) is 22.6 Å². The molecule has 0 aromatic heterocycles. The lowest BCUT2D eigenvalue weighted by molar-refractivity contribution is 0.489. The molecule has 0 bridgehead atoms. The van der Waals surface area contributed by atoms with E-state index in [0.29, 0.717) is 0 Å². The molecule has 0 aliphatic heterocycles. The van der Waals surface area contributed by atoms with Gasteiger partial charge in [-0.05, 0) is 105 Å². The number of hydrogen-bond donors (Lipinski definition) is 0. The predicted octanol–water partition coefficient (Wildman–Crippen LogP) is 12.8. The van der Waals surface area contributed by atoms with E-state index in [9.17, 15) is 0 Å². The summed E-state index contributed by atoms with van der Waals surface area (Å²) in [6.45, 7) is 37.7. The molecule has 0 spiro atoms. The van der Waals surface area contributed by atoms with Crippen molar-refractivity contribution in [2.75, 3.05) is 0 Å². The van der Waals surface area contributed by atoms with Crippen molar-refractivity contribution in [3.63, 3.8) is 0 Å². The van der Waals surface area contributed by atoms with Crippen LogP contribution in [0.5, 0.6) is 11.5 Å². The zero-order valence-electron chi connectivity index (χ0n) is 31.2. The third-order valence-electron chi connectivity index (χ3n) is 10.3. The highest BCUT2D eigenvalue weighted by Crippen LogP contribution is 2.50. The zero-order chi connectivity index (χ0) is 35.0. The summed E-state index contributed by atoms with van der Waals surface area (Å²) in [6.07, 6.45) is 0. The normalized spacial score (nSPS) is 13.9. The van der Waals surface area contributed by atoms with Crippen LogP contribution >= 0.6 is 23.2 Å². The van der Waals surface area contributed by atoms with Gasteiger partial charge in [0.2, 0.25) is 0 Å². The maximum atomic E-state index is 7.42. The molecule has 4 aromatic carbocycles. The summed E-state index contributed by atoms with van der Waals surface area (Å²) in [7, 11) is -8.17. The van der Waals surface area contributed by atoms with E-state index in [2.05, 4.69) is 143 Å². The molecule has 4 aromatic rings. The minimum Gasteiger partial charge on any atom is -0.543 e. The highest BCUT2D eigenvalue weighted by Gasteiger charge is 2.42. The van der Waals surface area contributed by atoms with Crippen LogP contribution in [0.15, 0.2) is 48.5 Å². The first kappa shape index (κ1) is 37.3. The van der Waals surface area contributed by atoms with Gasteiger partial charge in [0.15, 0.2) is 0 Å². The predicted molar refractivity (Wildman–Crippen MR) is 219 cm³/mol. The molecule has 0 heterocycles. The van der Waals surface area contributed by atoms with Crippen molar-refractivity contribution >= 4 is 87.9 Å². The summed E-state index contributed by atoms with van der Waals surface area (Å²) in [5.74, 6) is 1.91. The van der Waals surface area contributed by atoms with Gasteiger partial charge in [0, 0.05) is 21.2 Å². The summed E-state index contributed by atoms with van der Waals surface area (Å²) in [6, 6.07) is 17.5. The molecule has 0 amide bonds. The summed E-state index contributed by atoms with van der Waals surface area (Å²) >= 11 is 13.5. The van der Waals surface area contributed by atoms with Crippen molar-refractivity contribution in [1.82, 2.24) is 0 Å². The highest BCUT2D eigenvalue weighted by molar-refractivity contribution is 6.91. The van der Waals surface area contributed by atoms with Crippen molar-refractivity contribution in [2.24, 2.45) is 0 Å². The smallest absolute Gasteiger partial charge is 0.250 e. The van der Waals surface area contributed by atoms with Crippen molar-refractivity contribution in [3.05, 3.63) is 58.6 Å². The number of rotatable bonds is 7. The van der Waals surface area contributed by atoms with Gasteiger partial charge in [-0.2, -0.15) is 0 Å². The topological polar surface area (TPSA) is 18.5 Å². The quantitative estimate of drug-likeness (QED) is 0.177. The fourth-order valence-electron chi connectivity index (χ4n) is 5.52. The molecule has 0 radical (unpaired) electrons. The maximum Gasteiger partial charge on any atom is 0.250 e. The fraction of sp³-hybridized carbons (Fsp3) is 0.474. The van der Waals surface area contributed by atoms with Crippen LogP contribution < -0.4 is 19.2 Å². The minimum atomic E-state index is -2.26. The van der Waals surface area contributed by atoms with Crippen LogP contribution in [-0.2, 0) is 0 Å². The van der Waals surface area contributed by atoms with Crippen LogP contribution in [0.1, 0.15) is 41.5 Å². The van der Waals surface area contributed by atoms with E-state index in [1.54, 1.807) is 0 Å². The van der Waals surface area contributed by atoms with Crippen molar-refractivity contribution in [1.29, 1.82) is 0 Å². The van der Waals surface area contributed by atoms with Crippen LogP contribution in [-0.4, -0.2) is 32.8 Å². The Bertz CT molecular complexity index is 1670. The summed E-state index contributed by atoms with van der Waals surface area (Å²) < 4.78 is 14.8. The third kappa shape index (κ3) is 7.23. The Labute approximate surface area is 293 Å². The second kappa shape index (κ2) is 12.1. The lowest BCUT2D eigenvalue weighted by atomic mass is 9.92. The Kier molecular flexibility index (Phi) is 9.80. The van der Waals surface area contributed by atoms with Gasteiger partial charge in [-0.3, -0.25) is 0 Å². The van der Waals surface area contributed by atoms with E-state index in [1.165, 1.54) is 21.1 Å². The van der Waals surface area contributed by atoms with E-state index < -0.39 is 32.8 Å². The molecule has 0 N–H and O–H groups in total. The molecule has 4 rings (SSSR count). The van der Waals surface area contributed by atoms with E-state index in [-0.39, 0.29) is 10.1 Å². The highest BCUT2D eigenvalue weighted by atomic mass is 35.5. The number of hydrogen-bond acceptors (Lipinski definition) is 2. The molecular weight excluding hydrogens is 672 g/mol. The van der Waals surface area contributed by atoms with Gasteiger partial charge >= 0.3 is 0 Å². The van der Waals surface area contributed by atoms with Crippen molar-refractivity contribution in [2.45, 2.75) is 117 Å². The Hall–Kier alpha value is -1.55. The number of benzene rings is 4. The fourth-order valence-corrected chi connectivity index (χ4v) is 11.1. The first-order valence-electron chi connectivity index (χ1n) is 16.6. The molecule has 0 aliphatic rings. The number of halogens is 2. The van der Waals surface area contributed by atoms with Crippen LogP contribution in [0.2, 0.25) is 85.6 Å². The molecule has 0 saturated carbocycles. The van der Waals surface area contributed by atoms with E-state index in [0.717, 1.165) is 43.4 Å². The summed E-state index contributed by atoms with van der Waals surface area (Å²) in [4.78, 5) is 0. The molecule has 250 valence electrons. The van der Waals surface area contributed by atoms with E-state index in [1.807, 2.05) is 12.1 Å². The zero-order valence-corrected chi connectivity index (χ0v) is 36.7. The monoisotopic (exact) mass is 726 g/mol. The van der Waals surface area contributed by atoms with Gasteiger partial charge in [0.25, 0.3) is 16.6 Å².